The molecular formula is C12H13N3O2. The van der Waals surface area contributed by atoms with Crippen molar-refractivity contribution < 1.29 is 4.52 Å². The van der Waals surface area contributed by atoms with Gasteiger partial charge in [-0.15, -0.1) is 0 Å². The highest BCUT2D eigenvalue weighted by molar-refractivity contribution is 5.68. The molecule has 0 aliphatic carbocycles. The van der Waals surface area contributed by atoms with Crippen LogP contribution < -0.4 is 5.56 Å². The van der Waals surface area contributed by atoms with E-state index in [2.05, 4.69) is 15.1 Å². The van der Waals surface area contributed by atoms with Crippen LogP contribution in [0.3, 0.4) is 0 Å². The van der Waals surface area contributed by atoms with Crippen LogP contribution in [0.4, 0.5) is 0 Å². The van der Waals surface area contributed by atoms with Gasteiger partial charge in [0.05, 0.1) is 5.69 Å². The van der Waals surface area contributed by atoms with Crippen LogP contribution in [0.5, 0.6) is 0 Å². The Morgan fingerprint density at radius 2 is 2.29 bits per heavy atom. The first-order chi connectivity index (χ1) is 8.20. The minimum Gasteiger partial charge on any atom is -0.361 e. The lowest BCUT2D eigenvalue weighted by Crippen LogP contribution is -2.05. The van der Waals surface area contributed by atoms with Gasteiger partial charge in [0.2, 0.25) is 0 Å². The molecule has 0 spiro atoms. The van der Waals surface area contributed by atoms with E-state index in [-0.39, 0.29) is 5.56 Å². The average molecular weight is 231 g/mol. The quantitative estimate of drug-likeness (QED) is 0.874. The Morgan fingerprint density at radius 3 is 3.00 bits per heavy atom. The van der Waals surface area contributed by atoms with Crippen molar-refractivity contribution in [2.24, 2.45) is 0 Å². The Kier molecular flexibility index (Phi) is 3.18. The Bertz CT molecular complexity index is 596. The molecule has 5 nitrogen and oxygen atoms in total. The van der Waals surface area contributed by atoms with E-state index in [0.29, 0.717) is 5.82 Å². The summed E-state index contributed by atoms with van der Waals surface area (Å²) in [6, 6.07) is 1.37. The summed E-state index contributed by atoms with van der Waals surface area (Å²) in [4.78, 5) is 17.7. The van der Waals surface area contributed by atoms with E-state index >= 15 is 0 Å². The molecule has 0 bridgehead atoms. The lowest BCUT2D eigenvalue weighted by molar-refractivity contribution is 0.383. The van der Waals surface area contributed by atoms with Gasteiger partial charge in [0.25, 0.3) is 5.56 Å². The smallest absolute Gasteiger partial charge is 0.251 e. The molecule has 1 N–H and O–H groups in total. The van der Waals surface area contributed by atoms with Gasteiger partial charge in [-0.25, -0.2) is 4.98 Å². The molecule has 0 amide bonds. The highest BCUT2D eigenvalue weighted by Gasteiger charge is 2.07. The van der Waals surface area contributed by atoms with Crippen molar-refractivity contribution in [1.82, 2.24) is 15.1 Å². The van der Waals surface area contributed by atoms with E-state index in [1.54, 1.807) is 6.08 Å². The van der Waals surface area contributed by atoms with E-state index in [0.717, 1.165) is 23.4 Å². The van der Waals surface area contributed by atoms with Crippen LogP contribution in [0.15, 0.2) is 21.6 Å². The van der Waals surface area contributed by atoms with Crippen LogP contribution in [-0.4, -0.2) is 15.1 Å². The molecule has 17 heavy (non-hydrogen) atoms. The molecule has 0 aliphatic rings. The van der Waals surface area contributed by atoms with Crippen molar-refractivity contribution in [3.63, 3.8) is 0 Å². The summed E-state index contributed by atoms with van der Waals surface area (Å²) in [7, 11) is 0. The van der Waals surface area contributed by atoms with Gasteiger partial charge in [0, 0.05) is 24.2 Å². The van der Waals surface area contributed by atoms with Gasteiger partial charge >= 0.3 is 0 Å². The van der Waals surface area contributed by atoms with Gasteiger partial charge in [-0.1, -0.05) is 12.1 Å². The molecule has 0 saturated heterocycles. The van der Waals surface area contributed by atoms with Crippen molar-refractivity contribution in [1.29, 1.82) is 0 Å². The number of aromatic amines is 1. The molecule has 0 saturated carbocycles. The largest absolute Gasteiger partial charge is 0.361 e. The van der Waals surface area contributed by atoms with E-state index in [9.17, 15) is 4.79 Å². The Morgan fingerprint density at radius 1 is 1.47 bits per heavy atom. The number of hydrogen-bond donors (Lipinski definition) is 1. The third kappa shape index (κ3) is 2.50. The predicted molar refractivity (Wildman–Crippen MR) is 64.4 cm³/mol. The third-order valence-corrected chi connectivity index (χ3v) is 2.40. The molecule has 2 aromatic rings. The van der Waals surface area contributed by atoms with Crippen molar-refractivity contribution in [3.8, 4) is 0 Å². The van der Waals surface area contributed by atoms with E-state index in [1.165, 1.54) is 12.3 Å². The normalized spacial score (nSPS) is 11.2. The van der Waals surface area contributed by atoms with E-state index in [1.807, 2.05) is 19.9 Å². The van der Waals surface area contributed by atoms with Crippen molar-refractivity contribution in [3.05, 3.63) is 45.5 Å². The van der Waals surface area contributed by atoms with Crippen molar-refractivity contribution in [2.45, 2.75) is 20.3 Å². The molecule has 0 aliphatic heterocycles. The number of rotatable bonds is 3. The minimum absolute atomic E-state index is 0.169. The molecule has 0 atom stereocenters. The molecule has 0 fully saturated rings. The molecule has 0 aromatic carbocycles. The lowest BCUT2D eigenvalue weighted by atomic mass is 10.1. The minimum atomic E-state index is -0.169. The van der Waals surface area contributed by atoms with Gasteiger partial charge in [-0.05, 0) is 19.1 Å². The van der Waals surface area contributed by atoms with Crippen LogP contribution in [0.1, 0.15) is 29.8 Å². The van der Waals surface area contributed by atoms with Gasteiger partial charge in [0.1, 0.15) is 11.6 Å². The van der Waals surface area contributed by atoms with Crippen molar-refractivity contribution >= 4 is 12.2 Å². The highest BCUT2D eigenvalue weighted by atomic mass is 16.5. The number of nitrogens with one attached hydrogen (secondary N) is 1. The molecule has 2 rings (SSSR count). The molecule has 5 heteroatoms. The second-order valence-corrected chi connectivity index (χ2v) is 3.61. The average Bonchev–Trinajstić information content (AvgIpc) is 2.67. The van der Waals surface area contributed by atoms with Gasteiger partial charge in [-0.3, -0.25) is 4.79 Å². The maximum Gasteiger partial charge on any atom is 0.251 e. The first kappa shape index (κ1) is 11.3. The maximum absolute atomic E-state index is 11.1. The lowest BCUT2D eigenvalue weighted by Gasteiger charge is -1.93. The summed E-state index contributed by atoms with van der Waals surface area (Å²) in [6.07, 6.45) is 5.84. The van der Waals surface area contributed by atoms with Gasteiger partial charge < -0.3 is 9.51 Å². The Hall–Kier alpha value is -2.17. The van der Waals surface area contributed by atoms with Crippen LogP contribution in [-0.2, 0) is 6.42 Å². The van der Waals surface area contributed by atoms with Crippen LogP contribution in [0.2, 0.25) is 0 Å². The van der Waals surface area contributed by atoms with Crippen LogP contribution in [0, 0.1) is 6.92 Å². The summed E-state index contributed by atoms with van der Waals surface area (Å²) >= 11 is 0. The summed E-state index contributed by atoms with van der Waals surface area (Å²) in [6.45, 7) is 3.88. The van der Waals surface area contributed by atoms with E-state index < -0.39 is 0 Å². The monoisotopic (exact) mass is 231 g/mol. The van der Waals surface area contributed by atoms with Crippen molar-refractivity contribution in [2.75, 3.05) is 0 Å². The van der Waals surface area contributed by atoms with Gasteiger partial charge in [-0.2, -0.15) is 0 Å². The second kappa shape index (κ2) is 4.78. The standard InChI is InChI=1S/C12H13N3O2/c1-3-10-9(8(2)15-17-10)4-5-11-13-7-6-12(16)14-11/h4-7H,3H2,1-2H3,(H,13,14,16). The number of nitrogens with zero attached hydrogens (tertiary/aromatic N) is 2. The summed E-state index contributed by atoms with van der Waals surface area (Å²) in [5.74, 6) is 1.34. The molecule has 2 aromatic heterocycles. The summed E-state index contributed by atoms with van der Waals surface area (Å²) in [5.41, 5.74) is 1.60. The van der Waals surface area contributed by atoms with Crippen LogP contribution >= 0.6 is 0 Å². The topological polar surface area (TPSA) is 71.8 Å². The fourth-order valence-electron chi connectivity index (χ4n) is 1.52. The Labute approximate surface area is 98.2 Å². The zero-order valence-corrected chi connectivity index (χ0v) is 9.73. The summed E-state index contributed by atoms with van der Waals surface area (Å²) < 4.78 is 5.16. The highest BCUT2D eigenvalue weighted by Crippen LogP contribution is 2.16. The number of aromatic nitrogens is 3. The zero-order chi connectivity index (χ0) is 12.3. The second-order valence-electron chi connectivity index (χ2n) is 3.61. The first-order valence-electron chi connectivity index (χ1n) is 5.39. The predicted octanol–water partition coefficient (Wildman–Crippen LogP) is 1.80. The van der Waals surface area contributed by atoms with Crippen LogP contribution in [0.25, 0.3) is 12.2 Å². The molecule has 88 valence electrons. The number of hydrogen-bond acceptors (Lipinski definition) is 4. The number of H-pyrrole nitrogens is 1. The summed E-state index contributed by atoms with van der Waals surface area (Å²) in [5, 5.41) is 3.90. The maximum atomic E-state index is 11.1. The fourth-order valence-corrected chi connectivity index (χ4v) is 1.52. The first-order valence-corrected chi connectivity index (χ1v) is 5.39. The zero-order valence-electron chi connectivity index (χ0n) is 9.73. The molecule has 0 radical (unpaired) electrons. The van der Waals surface area contributed by atoms with E-state index in [4.69, 9.17) is 4.52 Å². The molecule has 2 heterocycles. The Balaban J connectivity index is 2.31. The van der Waals surface area contributed by atoms with Gasteiger partial charge in [0.15, 0.2) is 0 Å². The molecule has 0 unspecified atom stereocenters. The SMILES string of the molecule is CCc1onc(C)c1C=Cc1nccc(=O)[nH]1. The third-order valence-electron chi connectivity index (χ3n) is 2.40. The fraction of sp³-hybridized carbons (Fsp3) is 0.250. The number of aryl methyl sites for hydroxylation is 2. The molecular weight excluding hydrogens is 218 g/mol.